The maximum absolute atomic E-state index is 4.81. The maximum atomic E-state index is 4.81. The van der Waals surface area contributed by atoms with E-state index >= 15 is 0 Å². The molecule has 0 aliphatic carbocycles. The van der Waals surface area contributed by atoms with Crippen LogP contribution in [0.3, 0.4) is 0 Å². The normalized spacial score (nSPS) is 13.8. The largest absolute Gasteiger partial charge is 0.435 e. The molecule has 0 atom stereocenters. The Balaban J connectivity index is 2.54. The van der Waals surface area contributed by atoms with Crippen LogP contribution in [0.1, 0.15) is 0 Å². The van der Waals surface area contributed by atoms with Crippen LogP contribution in [0.25, 0.3) is 0 Å². The first-order valence-electron chi connectivity index (χ1n) is 2.55. The molecule has 1 aromatic rings. The van der Waals surface area contributed by atoms with Gasteiger partial charge in [-0.3, -0.25) is 0 Å². The third-order valence-corrected chi connectivity index (χ3v) is 1.09. The van der Waals surface area contributed by atoms with Crippen molar-refractivity contribution in [1.82, 2.24) is 0 Å². The number of hydrogen-bond donors (Lipinski definition) is 0. The summed E-state index contributed by atoms with van der Waals surface area (Å²) in [6, 6.07) is 8.08. The van der Waals surface area contributed by atoms with Crippen molar-refractivity contribution in [1.29, 1.82) is 0 Å². The van der Waals surface area contributed by atoms with Crippen LogP contribution in [0.2, 0.25) is 0 Å². The molecule has 0 amide bonds. The summed E-state index contributed by atoms with van der Waals surface area (Å²) in [6.45, 7) is 2.27. The van der Waals surface area contributed by atoms with Gasteiger partial charge in [0, 0.05) is 0 Å². The lowest BCUT2D eigenvalue weighted by Crippen LogP contribution is -1.82. The van der Waals surface area contributed by atoms with Crippen LogP contribution in [-0.4, -0.2) is 0 Å². The van der Waals surface area contributed by atoms with E-state index in [4.69, 9.17) is 9.47 Å². The van der Waals surface area contributed by atoms with Gasteiger partial charge in [0.05, 0.1) is 0 Å². The van der Waals surface area contributed by atoms with Gasteiger partial charge in [-0.25, -0.2) is 0 Å². The zero-order valence-corrected chi connectivity index (χ0v) is 4.55. The molecule has 0 N–H and O–H groups in total. The molecule has 43 valence electrons. The number of benzene rings is 1. The molecule has 0 unspecified atom stereocenters. The summed E-state index contributed by atoms with van der Waals surface area (Å²) in [4.78, 5) is 0. The van der Waals surface area contributed by atoms with Crippen molar-refractivity contribution in [2.45, 2.75) is 0 Å². The van der Waals surface area contributed by atoms with E-state index in [-0.39, 0.29) is 0 Å². The summed E-state index contributed by atoms with van der Waals surface area (Å²) >= 11 is 0. The van der Waals surface area contributed by atoms with Crippen molar-refractivity contribution in [3.8, 4) is 11.5 Å². The van der Waals surface area contributed by atoms with Gasteiger partial charge in [-0.05, 0) is 18.2 Å². The molecule has 9 heavy (non-hydrogen) atoms. The van der Waals surface area contributed by atoms with Crippen LogP contribution < -0.4 is 9.47 Å². The van der Waals surface area contributed by atoms with Gasteiger partial charge < -0.3 is 9.47 Å². The van der Waals surface area contributed by atoms with Crippen molar-refractivity contribution in [2.24, 2.45) is 0 Å². The molecule has 0 bridgehead atoms. The molecule has 1 heterocycles. The topological polar surface area (TPSA) is 18.5 Å². The fraction of sp³-hybridized carbons (Fsp3) is 0. The van der Waals surface area contributed by atoms with E-state index in [9.17, 15) is 0 Å². The molecule has 0 aromatic heterocycles. The highest BCUT2D eigenvalue weighted by atomic mass is 16.7. The summed E-state index contributed by atoms with van der Waals surface area (Å²) in [5.41, 5.74) is 0. The van der Waals surface area contributed by atoms with Gasteiger partial charge in [-0.15, -0.1) is 0 Å². The van der Waals surface area contributed by atoms with E-state index in [2.05, 4.69) is 12.9 Å². The van der Waals surface area contributed by atoms with Crippen molar-refractivity contribution in [3.05, 3.63) is 31.1 Å². The van der Waals surface area contributed by atoms with Gasteiger partial charge in [0.1, 0.15) is 0 Å². The summed E-state index contributed by atoms with van der Waals surface area (Å²) in [6.07, 6.45) is 0. The zero-order valence-electron chi connectivity index (χ0n) is 4.55. The summed E-state index contributed by atoms with van der Waals surface area (Å²) in [7, 11) is 0. The van der Waals surface area contributed by atoms with Crippen LogP contribution >= 0.6 is 0 Å². The Labute approximate surface area is 53.0 Å². The lowest BCUT2D eigenvalue weighted by atomic mass is 10.3. The van der Waals surface area contributed by atoms with Gasteiger partial charge >= 0.3 is 6.79 Å². The number of rotatable bonds is 0. The Hall–Kier alpha value is -1.18. The van der Waals surface area contributed by atoms with E-state index in [1.807, 2.05) is 0 Å². The standard InChI is InChI=1S/C7H3O2/c1-2-4-7-6(3-1)8-5-9-7/h1,3-4H. The van der Waals surface area contributed by atoms with Crippen LogP contribution in [0.4, 0.5) is 0 Å². The highest BCUT2D eigenvalue weighted by Gasteiger charge is 2.12. The molecule has 0 fully saturated rings. The van der Waals surface area contributed by atoms with Crippen LogP contribution in [-0.2, 0) is 0 Å². The third kappa shape index (κ3) is 0.633. The molecule has 0 spiro atoms. The minimum Gasteiger partial charge on any atom is -0.435 e. The van der Waals surface area contributed by atoms with Crippen LogP contribution in [0.15, 0.2) is 18.2 Å². The Kier molecular flexibility index (Phi) is 0.859. The van der Waals surface area contributed by atoms with E-state index in [0.717, 1.165) is 0 Å². The highest BCUT2D eigenvalue weighted by molar-refractivity contribution is 5.41. The molecule has 2 rings (SSSR count). The van der Waals surface area contributed by atoms with Crippen LogP contribution in [0.5, 0.6) is 11.5 Å². The summed E-state index contributed by atoms with van der Waals surface area (Å²) in [5.74, 6) is 1.38. The molecule has 1 aliphatic heterocycles. The average molecular weight is 119 g/mol. The highest BCUT2D eigenvalue weighted by Crippen LogP contribution is 2.31. The summed E-state index contributed by atoms with van der Waals surface area (Å²) in [5, 5.41) is 0. The predicted molar refractivity (Wildman–Crippen MR) is 29.8 cm³/mol. The second kappa shape index (κ2) is 1.65. The molecule has 1 aliphatic rings. The van der Waals surface area contributed by atoms with Gasteiger partial charge in [0.15, 0.2) is 11.5 Å². The van der Waals surface area contributed by atoms with Crippen molar-refractivity contribution < 1.29 is 9.47 Å². The quantitative estimate of drug-likeness (QED) is 0.511. The fourth-order valence-corrected chi connectivity index (χ4v) is 0.676. The molecule has 3 radical (unpaired) electrons. The van der Waals surface area contributed by atoms with Crippen molar-refractivity contribution >= 4 is 0 Å². The Bertz CT molecular complexity index is 197. The molecule has 2 nitrogen and oxygen atoms in total. The van der Waals surface area contributed by atoms with E-state index in [1.54, 1.807) is 18.2 Å². The third-order valence-electron chi connectivity index (χ3n) is 1.09. The Morgan fingerprint density at radius 1 is 1.22 bits per heavy atom. The predicted octanol–water partition coefficient (Wildman–Crippen LogP) is 1.25. The second-order valence-electron chi connectivity index (χ2n) is 1.66. The first kappa shape index (κ1) is 4.68. The van der Waals surface area contributed by atoms with Gasteiger partial charge in [0.25, 0.3) is 0 Å². The SMILES string of the molecule is [C]1Oc2c[c]ccc2O1. The van der Waals surface area contributed by atoms with Gasteiger partial charge in [0.2, 0.25) is 0 Å². The van der Waals surface area contributed by atoms with Crippen LogP contribution in [0, 0.1) is 12.9 Å². The molecular formula is C7H3O2. The zero-order chi connectivity index (χ0) is 6.10. The Morgan fingerprint density at radius 2 is 2.11 bits per heavy atom. The molecule has 0 saturated carbocycles. The lowest BCUT2D eigenvalue weighted by molar-refractivity contribution is 0.270. The maximum Gasteiger partial charge on any atom is 0.428 e. The lowest BCUT2D eigenvalue weighted by Gasteiger charge is -1.88. The number of hydrogen-bond acceptors (Lipinski definition) is 2. The summed E-state index contributed by atoms with van der Waals surface area (Å²) < 4.78 is 9.60. The monoisotopic (exact) mass is 119 g/mol. The molecule has 2 heteroatoms. The van der Waals surface area contributed by atoms with Crippen molar-refractivity contribution in [2.75, 3.05) is 0 Å². The minimum atomic E-state index is 0.678. The fourth-order valence-electron chi connectivity index (χ4n) is 0.676. The smallest absolute Gasteiger partial charge is 0.428 e. The number of fused-ring (bicyclic) bond motifs is 1. The number of ether oxygens (including phenoxy) is 2. The van der Waals surface area contributed by atoms with E-state index < -0.39 is 0 Å². The van der Waals surface area contributed by atoms with Gasteiger partial charge in [-0.2, -0.15) is 0 Å². The minimum absolute atomic E-state index is 0.678. The molecule has 0 saturated heterocycles. The van der Waals surface area contributed by atoms with Crippen molar-refractivity contribution in [3.63, 3.8) is 0 Å². The second-order valence-corrected chi connectivity index (χ2v) is 1.66. The first-order chi connectivity index (χ1) is 4.47. The Morgan fingerprint density at radius 3 is 3.00 bits per heavy atom. The van der Waals surface area contributed by atoms with E-state index in [0.29, 0.717) is 11.5 Å². The average Bonchev–Trinajstić information content (AvgIpc) is 2.33. The van der Waals surface area contributed by atoms with Gasteiger partial charge in [-0.1, -0.05) is 6.07 Å². The first-order valence-corrected chi connectivity index (χ1v) is 2.55. The van der Waals surface area contributed by atoms with E-state index in [1.165, 1.54) is 0 Å². The molecular weight excluding hydrogens is 116 g/mol. The molecule has 1 aromatic carbocycles.